The average Bonchev–Trinajstić information content (AvgIpc) is 2.58. The van der Waals surface area contributed by atoms with Crippen LogP contribution >= 0.6 is 15.9 Å². The Bertz CT molecular complexity index is 697. The van der Waals surface area contributed by atoms with Gasteiger partial charge in [0.1, 0.15) is 5.69 Å². The van der Waals surface area contributed by atoms with Crippen LogP contribution in [0.15, 0.2) is 41.0 Å². The average molecular weight is 376 g/mol. The maximum Gasteiger partial charge on any atom is 0.274 e. The van der Waals surface area contributed by atoms with Crippen LogP contribution in [0.5, 0.6) is 0 Å². The minimum Gasteiger partial charge on any atom is -0.378 e. The van der Waals surface area contributed by atoms with Crippen molar-refractivity contribution >= 4 is 33.2 Å². The molecule has 3 rings (SSSR count). The Morgan fingerprint density at radius 1 is 1.26 bits per heavy atom. The van der Waals surface area contributed by atoms with Gasteiger partial charge < -0.3 is 15.0 Å². The Hall–Kier alpha value is -1.92. The highest BCUT2D eigenvalue weighted by Crippen LogP contribution is 2.24. The molecule has 5 nitrogen and oxygen atoms in total. The third-order valence-corrected chi connectivity index (χ3v) is 4.39. The van der Waals surface area contributed by atoms with E-state index in [1.165, 1.54) is 0 Å². The summed E-state index contributed by atoms with van der Waals surface area (Å²) in [4.78, 5) is 18.8. The van der Waals surface area contributed by atoms with Crippen molar-refractivity contribution in [2.45, 2.75) is 6.92 Å². The molecule has 120 valence electrons. The summed E-state index contributed by atoms with van der Waals surface area (Å²) in [5.41, 5.74) is 3.28. The van der Waals surface area contributed by atoms with Gasteiger partial charge in [-0.25, -0.2) is 4.98 Å². The molecule has 1 aromatic carbocycles. The highest BCUT2D eigenvalue weighted by Gasteiger charge is 2.14. The number of morpholine rings is 1. The van der Waals surface area contributed by atoms with Crippen LogP contribution in [0.3, 0.4) is 0 Å². The van der Waals surface area contributed by atoms with Gasteiger partial charge in [0.15, 0.2) is 0 Å². The highest BCUT2D eigenvalue weighted by molar-refractivity contribution is 9.10. The summed E-state index contributed by atoms with van der Waals surface area (Å²) < 4.78 is 6.20. The Kier molecular flexibility index (Phi) is 4.93. The highest BCUT2D eigenvalue weighted by atomic mass is 79.9. The SMILES string of the molecule is Cc1ccc(NC(=O)c2ccc(N3CCOCC3)cn2)c(Br)c1. The summed E-state index contributed by atoms with van der Waals surface area (Å²) in [6.07, 6.45) is 1.74. The number of hydrogen-bond donors (Lipinski definition) is 1. The van der Waals surface area contributed by atoms with Crippen molar-refractivity contribution in [1.82, 2.24) is 4.98 Å². The molecule has 1 aromatic heterocycles. The van der Waals surface area contributed by atoms with E-state index in [1.54, 1.807) is 12.3 Å². The van der Waals surface area contributed by atoms with E-state index < -0.39 is 0 Å². The Labute approximate surface area is 143 Å². The fourth-order valence-electron chi connectivity index (χ4n) is 2.44. The summed E-state index contributed by atoms with van der Waals surface area (Å²) in [5, 5.41) is 2.87. The maximum atomic E-state index is 12.3. The van der Waals surface area contributed by atoms with Gasteiger partial charge in [-0.05, 0) is 52.7 Å². The second kappa shape index (κ2) is 7.10. The molecule has 1 aliphatic heterocycles. The van der Waals surface area contributed by atoms with E-state index in [0.717, 1.165) is 47.7 Å². The Morgan fingerprint density at radius 3 is 2.70 bits per heavy atom. The first-order valence-electron chi connectivity index (χ1n) is 7.50. The molecule has 1 aliphatic rings. The molecule has 0 atom stereocenters. The van der Waals surface area contributed by atoms with Crippen LogP contribution in [-0.4, -0.2) is 37.2 Å². The van der Waals surface area contributed by atoms with Gasteiger partial charge in [-0.1, -0.05) is 6.07 Å². The monoisotopic (exact) mass is 375 g/mol. The molecule has 0 aliphatic carbocycles. The van der Waals surface area contributed by atoms with Crippen molar-refractivity contribution in [2.75, 3.05) is 36.5 Å². The van der Waals surface area contributed by atoms with Crippen molar-refractivity contribution in [3.05, 3.63) is 52.3 Å². The summed E-state index contributed by atoms with van der Waals surface area (Å²) >= 11 is 3.46. The van der Waals surface area contributed by atoms with Gasteiger partial charge in [0.25, 0.3) is 5.91 Å². The van der Waals surface area contributed by atoms with Gasteiger partial charge in [-0.2, -0.15) is 0 Å². The van der Waals surface area contributed by atoms with Crippen LogP contribution in [-0.2, 0) is 4.74 Å². The van der Waals surface area contributed by atoms with Crippen molar-refractivity contribution in [2.24, 2.45) is 0 Å². The number of nitrogens with zero attached hydrogens (tertiary/aromatic N) is 2. The zero-order chi connectivity index (χ0) is 16.2. The zero-order valence-corrected chi connectivity index (χ0v) is 14.5. The maximum absolute atomic E-state index is 12.3. The van der Waals surface area contributed by atoms with Gasteiger partial charge in [0, 0.05) is 17.6 Å². The number of rotatable bonds is 3. The smallest absolute Gasteiger partial charge is 0.274 e. The van der Waals surface area contributed by atoms with E-state index in [-0.39, 0.29) is 5.91 Å². The number of anilines is 2. The van der Waals surface area contributed by atoms with Gasteiger partial charge in [-0.3, -0.25) is 4.79 Å². The van der Waals surface area contributed by atoms with Crippen molar-refractivity contribution in [3.63, 3.8) is 0 Å². The Balaban J connectivity index is 1.69. The first-order valence-corrected chi connectivity index (χ1v) is 8.29. The van der Waals surface area contributed by atoms with Crippen LogP contribution in [0.4, 0.5) is 11.4 Å². The number of carbonyl (C=O) groups is 1. The van der Waals surface area contributed by atoms with Crippen molar-refractivity contribution in [3.8, 4) is 0 Å². The van der Waals surface area contributed by atoms with Crippen molar-refractivity contribution < 1.29 is 9.53 Å². The molecule has 23 heavy (non-hydrogen) atoms. The molecule has 1 amide bonds. The third-order valence-electron chi connectivity index (χ3n) is 3.73. The zero-order valence-electron chi connectivity index (χ0n) is 12.9. The molecule has 2 aromatic rings. The molecule has 2 heterocycles. The molecule has 0 saturated carbocycles. The van der Waals surface area contributed by atoms with Gasteiger partial charge >= 0.3 is 0 Å². The Morgan fingerprint density at radius 2 is 2.04 bits per heavy atom. The second-order valence-electron chi connectivity index (χ2n) is 5.44. The van der Waals surface area contributed by atoms with Crippen LogP contribution in [0, 0.1) is 6.92 Å². The number of halogens is 1. The first kappa shape index (κ1) is 16.0. The van der Waals surface area contributed by atoms with E-state index in [0.29, 0.717) is 5.69 Å². The molecular weight excluding hydrogens is 358 g/mol. The minimum absolute atomic E-state index is 0.219. The van der Waals surface area contributed by atoms with Gasteiger partial charge in [0.2, 0.25) is 0 Å². The number of ether oxygens (including phenoxy) is 1. The summed E-state index contributed by atoms with van der Waals surface area (Å²) in [5.74, 6) is -0.219. The van der Waals surface area contributed by atoms with E-state index in [9.17, 15) is 4.79 Å². The number of pyridine rings is 1. The van der Waals surface area contributed by atoms with Crippen LogP contribution in [0.1, 0.15) is 16.1 Å². The lowest BCUT2D eigenvalue weighted by atomic mass is 10.2. The summed E-state index contributed by atoms with van der Waals surface area (Å²) in [6, 6.07) is 9.47. The van der Waals surface area contributed by atoms with Crippen LogP contribution in [0.25, 0.3) is 0 Å². The molecule has 6 heteroatoms. The van der Waals surface area contributed by atoms with Crippen molar-refractivity contribution in [1.29, 1.82) is 0 Å². The summed E-state index contributed by atoms with van der Waals surface area (Å²) in [7, 11) is 0. The third kappa shape index (κ3) is 3.89. The predicted molar refractivity (Wildman–Crippen MR) is 94.1 cm³/mol. The molecule has 1 N–H and O–H groups in total. The van der Waals surface area contributed by atoms with Crippen LogP contribution in [0.2, 0.25) is 0 Å². The van der Waals surface area contributed by atoms with Gasteiger partial charge in [0.05, 0.1) is 30.8 Å². The lowest BCUT2D eigenvalue weighted by Crippen LogP contribution is -2.36. The summed E-state index contributed by atoms with van der Waals surface area (Å²) in [6.45, 7) is 5.16. The molecule has 1 saturated heterocycles. The fourth-order valence-corrected chi connectivity index (χ4v) is 3.03. The number of nitrogens with one attached hydrogen (secondary N) is 1. The molecular formula is C17H18BrN3O2. The molecule has 0 radical (unpaired) electrons. The van der Waals surface area contributed by atoms with E-state index in [2.05, 4.69) is 31.1 Å². The normalized spacial score (nSPS) is 14.6. The number of aromatic nitrogens is 1. The van der Waals surface area contributed by atoms with Crippen LogP contribution < -0.4 is 10.2 Å². The number of amides is 1. The van der Waals surface area contributed by atoms with E-state index >= 15 is 0 Å². The number of hydrogen-bond acceptors (Lipinski definition) is 4. The number of benzene rings is 1. The standard InChI is InChI=1S/C17H18BrN3O2/c1-12-2-4-15(14(18)10-12)20-17(22)16-5-3-13(11-19-16)21-6-8-23-9-7-21/h2-5,10-11H,6-9H2,1H3,(H,20,22). The van der Waals surface area contributed by atoms with Gasteiger partial charge in [-0.15, -0.1) is 0 Å². The second-order valence-corrected chi connectivity index (χ2v) is 6.29. The molecule has 0 bridgehead atoms. The van der Waals surface area contributed by atoms with E-state index in [1.807, 2.05) is 31.2 Å². The predicted octanol–water partition coefficient (Wildman–Crippen LogP) is 3.24. The minimum atomic E-state index is -0.219. The largest absolute Gasteiger partial charge is 0.378 e. The van der Waals surface area contributed by atoms with E-state index in [4.69, 9.17) is 4.74 Å². The topological polar surface area (TPSA) is 54.5 Å². The lowest BCUT2D eigenvalue weighted by molar-refractivity contribution is 0.102. The quantitative estimate of drug-likeness (QED) is 0.894. The first-order chi connectivity index (χ1) is 11.1. The molecule has 0 spiro atoms. The molecule has 0 unspecified atom stereocenters. The molecule has 1 fully saturated rings. The number of aryl methyl sites for hydroxylation is 1. The fraction of sp³-hybridized carbons (Fsp3) is 0.294. The number of carbonyl (C=O) groups excluding carboxylic acids is 1. The lowest BCUT2D eigenvalue weighted by Gasteiger charge is -2.28.